The average Bonchev–Trinajstić information content (AvgIpc) is 2.68. The number of anilines is 1. The van der Waals surface area contributed by atoms with Gasteiger partial charge in [0.15, 0.2) is 11.0 Å². The minimum absolute atomic E-state index is 0.239. The van der Waals surface area contributed by atoms with Crippen LogP contribution in [0, 0.1) is 0 Å². The summed E-state index contributed by atoms with van der Waals surface area (Å²) in [6, 6.07) is 8.16. The molecule has 7 heteroatoms. The van der Waals surface area contributed by atoms with Crippen molar-refractivity contribution in [3.8, 4) is 11.4 Å². The van der Waals surface area contributed by atoms with Crippen LogP contribution in [0.5, 0.6) is 0 Å². The molecule has 3 aromatic rings. The maximum atomic E-state index is 6.69. The topological polar surface area (TPSA) is 73.9 Å². The number of rotatable bonds is 3. The van der Waals surface area contributed by atoms with E-state index in [2.05, 4.69) is 22.1 Å². The highest BCUT2D eigenvalue weighted by Gasteiger charge is 2.22. The van der Waals surface area contributed by atoms with Crippen molar-refractivity contribution in [2.45, 2.75) is 55.7 Å². The molecular weight excluding hydrogens is 392 g/mol. The van der Waals surface area contributed by atoms with Gasteiger partial charge in [0.2, 0.25) is 5.95 Å². The van der Waals surface area contributed by atoms with E-state index in [-0.39, 0.29) is 5.95 Å². The zero-order valence-corrected chi connectivity index (χ0v) is 17.0. The fourth-order valence-corrected chi connectivity index (χ4v) is 5.69. The molecule has 144 valence electrons. The summed E-state index contributed by atoms with van der Waals surface area (Å²) in [5.74, 6) is 0.786. The lowest BCUT2D eigenvalue weighted by Gasteiger charge is -2.21. The van der Waals surface area contributed by atoms with E-state index < -0.39 is 0 Å². The van der Waals surface area contributed by atoms with Crippen molar-refractivity contribution in [3.63, 3.8) is 0 Å². The van der Waals surface area contributed by atoms with Gasteiger partial charge in [0, 0.05) is 10.8 Å². The van der Waals surface area contributed by atoms with Gasteiger partial charge in [-0.25, -0.2) is 4.98 Å². The zero-order chi connectivity index (χ0) is 19.1. The first-order valence-electron chi connectivity index (χ1n) is 9.68. The molecule has 0 spiro atoms. The molecule has 0 saturated heterocycles. The molecule has 1 saturated carbocycles. The molecule has 5 rings (SSSR count). The third-order valence-electron chi connectivity index (χ3n) is 5.48. The van der Waals surface area contributed by atoms with Gasteiger partial charge < -0.3 is 10.5 Å². The molecule has 0 radical (unpaired) electrons. The standard InChI is InChI=1S/C21H21ClN4OS/c22-16-9-13-11-27-10-12-5-4-8-15(17(12)13)18(16)19-24-20(23)26-21(25-19)28-14-6-2-1-3-7-14/h4-5,8-9,14H,1-3,6-7,10-11H2,(H2,23,24,25,26). The molecule has 0 amide bonds. The minimum Gasteiger partial charge on any atom is -0.372 e. The summed E-state index contributed by atoms with van der Waals surface area (Å²) in [6.45, 7) is 1.17. The van der Waals surface area contributed by atoms with Gasteiger partial charge in [0.05, 0.1) is 18.2 Å². The van der Waals surface area contributed by atoms with E-state index in [4.69, 9.17) is 27.1 Å². The molecule has 0 atom stereocenters. The summed E-state index contributed by atoms with van der Waals surface area (Å²) in [6.07, 6.45) is 6.27. The number of thioether (sulfide) groups is 1. The van der Waals surface area contributed by atoms with Crippen LogP contribution in [0.25, 0.3) is 22.2 Å². The largest absolute Gasteiger partial charge is 0.372 e. The van der Waals surface area contributed by atoms with Crippen LogP contribution >= 0.6 is 23.4 Å². The van der Waals surface area contributed by atoms with Crippen molar-refractivity contribution in [2.24, 2.45) is 0 Å². The van der Waals surface area contributed by atoms with Gasteiger partial charge in [-0.05, 0) is 40.8 Å². The number of nitrogens with two attached hydrogens (primary N) is 1. The molecule has 2 N–H and O–H groups in total. The Hall–Kier alpha value is -1.89. The molecule has 2 aliphatic rings. The van der Waals surface area contributed by atoms with Gasteiger partial charge >= 0.3 is 0 Å². The molecule has 1 fully saturated rings. The van der Waals surface area contributed by atoms with E-state index in [1.165, 1.54) is 37.5 Å². The second kappa shape index (κ2) is 7.50. The molecule has 0 bridgehead atoms. The predicted octanol–water partition coefficient (Wildman–Crippen LogP) is 5.38. The van der Waals surface area contributed by atoms with Crippen molar-refractivity contribution in [2.75, 3.05) is 5.73 Å². The Kier molecular flexibility index (Phi) is 4.87. The smallest absolute Gasteiger partial charge is 0.224 e. The Morgan fingerprint density at radius 1 is 1.04 bits per heavy atom. The molecule has 1 aromatic heterocycles. The summed E-state index contributed by atoms with van der Waals surface area (Å²) < 4.78 is 5.69. The zero-order valence-electron chi connectivity index (χ0n) is 15.4. The van der Waals surface area contributed by atoms with Gasteiger partial charge in [0.25, 0.3) is 0 Å². The van der Waals surface area contributed by atoms with E-state index in [0.29, 0.717) is 34.5 Å². The average molecular weight is 413 g/mol. The third-order valence-corrected chi connectivity index (χ3v) is 6.97. The summed E-state index contributed by atoms with van der Waals surface area (Å²) >= 11 is 8.41. The van der Waals surface area contributed by atoms with Gasteiger partial charge in [-0.2, -0.15) is 9.97 Å². The summed E-state index contributed by atoms with van der Waals surface area (Å²) in [5, 5.41) is 4.09. The van der Waals surface area contributed by atoms with Gasteiger partial charge in [-0.15, -0.1) is 0 Å². The summed E-state index contributed by atoms with van der Waals surface area (Å²) in [5.41, 5.74) is 9.14. The summed E-state index contributed by atoms with van der Waals surface area (Å²) in [7, 11) is 0. The Balaban J connectivity index is 1.62. The van der Waals surface area contributed by atoms with E-state index in [0.717, 1.165) is 22.1 Å². The first kappa shape index (κ1) is 18.2. The first-order chi connectivity index (χ1) is 13.7. The van der Waals surface area contributed by atoms with Crippen molar-refractivity contribution in [1.29, 1.82) is 0 Å². The van der Waals surface area contributed by atoms with Crippen molar-refractivity contribution < 1.29 is 4.74 Å². The Bertz CT molecular complexity index is 1050. The summed E-state index contributed by atoms with van der Waals surface area (Å²) in [4.78, 5) is 13.6. The number of halogens is 1. The van der Waals surface area contributed by atoms with Crippen LogP contribution in [0.4, 0.5) is 5.95 Å². The SMILES string of the molecule is Nc1nc(SC2CCCCC2)nc(-c2c(Cl)cc3c4c(cccc24)COC3)n1. The Morgan fingerprint density at radius 2 is 1.86 bits per heavy atom. The number of hydrogen-bond acceptors (Lipinski definition) is 6. The van der Waals surface area contributed by atoms with Crippen molar-refractivity contribution >= 4 is 40.1 Å². The minimum atomic E-state index is 0.239. The van der Waals surface area contributed by atoms with Gasteiger partial charge in [-0.1, -0.05) is 60.8 Å². The normalized spacial score (nSPS) is 17.2. The van der Waals surface area contributed by atoms with E-state index in [1.54, 1.807) is 11.8 Å². The third kappa shape index (κ3) is 3.34. The van der Waals surface area contributed by atoms with Crippen LogP contribution in [-0.2, 0) is 18.0 Å². The highest BCUT2D eigenvalue weighted by Crippen LogP contribution is 2.40. The Labute approximate surface area is 173 Å². The molecule has 1 aliphatic heterocycles. The van der Waals surface area contributed by atoms with Crippen molar-refractivity contribution in [3.05, 3.63) is 40.4 Å². The number of aromatic nitrogens is 3. The van der Waals surface area contributed by atoms with Crippen LogP contribution in [0.2, 0.25) is 5.02 Å². The predicted molar refractivity (Wildman–Crippen MR) is 113 cm³/mol. The highest BCUT2D eigenvalue weighted by molar-refractivity contribution is 7.99. The second-order valence-electron chi connectivity index (χ2n) is 7.40. The molecule has 1 aliphatic carbocycles. The lowest BCUT2D eigenvalue weighted by atomic mass is 9.94. The van der Waals surface area contributed by atoms with Gasteiger partial charge in [-0.3, -0.25) is 0 Å². The number of hydrogen-bond donors (Lipinski definition) is 1. The fourth-order valence-electron chi connectivity index (χ4n) is 4.21. The molecule has 28 heavy (non-hydrogen) atoms. The van der Waals surface area contributed by atoms with Crippen LogP contribution in [0.15, 0.2) is 29.4 Å². The quantitative estimate of drug-likeness (QED) is 0.622. The van der Waals surface area contributed by atoms with E-state index >= 15 is 0 Å². The number of benzene rings is 2. The van der Waals surface area contributed by atoms with Crippen molar-refractivity contribution in [1.82, 2.24) is 15.0 Å². The fraction of sp³-hybridized carbons (Fsp3) is 0.381. The maximum absolute atomic E-state index is 6.69. The van der Waals surface area contributed by atoms with Gasteiger partial charge in [0.1, 0.15) is 0 Å². The van der Waals surface area contributed by atoms with Crippen LogP contribution in [0.3, 0.4) is 0 Å². The lowest BCUT2D eigenvalue weighted by Crippen LogP contribution is -2.10. The molecule has 0 unspecified atom stereocenters. The number of nitrogens with zero attached hydrogens (tertiary/aromatic N) is 3. The molecular formula is C21H21ClN4OS. The number of ether oxygens (including phenoxy) is 1. The monoisotopic (exact) mass is 412 g/mol. The number of nitrogen functional groups attached to an aromatic ring is 1. The molecule has 5 nitrogen and oxygen atoms in total. The highest BCUT2D eigenvalue weighted by atomic mass is 35.5. The van der Waals surface area contributed by atoms with Crippen LogP contribution < -0.4 is 5.73 Å². The molecule has 2 aromatic carbocycles. The maximum Gasteiger partial charge on any atom is 0.224 e. The first-order valence-corrected chi connectivity index (χ1v) is 10.9. The molecule has 2 heterocycles. The lowest BCUT2D eigenvalue weighted by molar-refractivity contribution is 0.103. The van der Waals surface area contributed by atoms with E-state index in [9.17, 15) is 0 Å². The van der Waals surface area contributed by atoms with Crippen LogP contribution in [-0.4, -0.2) is 20.2 Å². The van der Waals surface area contributed by atoms with Crippen LogP contribution in [0.1, 0.15) is 43.2 Å². The van der Waals surface area contributed by atoms with E-state index in [1.807, 2.05) is 12.1 Å². The Morgan fingerprint density at radius 3 is 2.71 bits per heavy atom. The second-order valence-corrected chi connectivity index (χ2v) is 9.08.